The summed E-state index contributed by atoms with van der Waals surface area (Å²) in [7, 11) is 0. The van der Waals surface area contributed by atoms with Crippen molar-refractivity contribution in [3.05, 3.63) is 53.9 Å². The number of nitrogen functional groups attached to an aromatic ring is 1. The Kier molecular flexibility index (Phi) is 2.33. The molecule has 90 valence electrons. The molecule has 0 aliphatic rings. The molecule has 0 saturated heterocycles. The zero-order valence-corrected chi connectivity index (χ0v) is 10.5. The molecular formula is C15H15N3. The van der Waals surface area contributed by atoms with Crippen LogP contribution in [-0.4, -0.2) is 9.55 Å². The number of aromatic nitrogens is 2. The Hall–Kier alpha value is -2.29. The molecule has 0 aliphatic carbocycles. The average molecular weight is 237 g/mol. The zero-order chi connectivity index (χ0) is 12.7. The van der Waals surface area contributed by atoms with Gasteiger partial charge >= 0.3 is 0 Å². The highest BCUT2D eigenvalue weighted by Crippen LogP contribution is 2.23. The van der Waals surface area contributed by atoms with E-state index in [9.17, 15) is 0 Å². The fourth-order valence-corrected chi connectivity index (χ4v) is 2.22. The molecule has 3 nitrogen and oxygen atoms in total. The van der Waals surface area contributed by atoms with E-state index >= 15 is 0 Å². The highest BCUT2D eigenvalue weighted by molar-refractivity contribution is 5.81. The van der Waals surface area contributed by atoms with E-state index in [4.69, 9.17) is 5.73 Å². The molecule has 18 heavy (non-hydrogen) atoms. The normalized spacial score (nSPS) is 11.0. The number of hydrogen-bond acceptors (Lipinski definition) is 2. The van der Waals surface area contributed by atoms with Crippen LogP contribution >= 0.6 is 0 Å². The standard InChI is InChI=1S/C15H15N3/c1-10-4-3-5-14(11(10)2)18-9-17-13-8-12(16)6-7-15(13)18/h3-9H,16H2,1-2H3. The lowest BCUT2D eigenvalue weighted by atomic mass is 10.1. The third-order valence-corrected chi connectivity index (χ3v) is 3.41. The molecule has 0 unspecified atom stereocenters. The molecule has 0 saturated carbocycles. The van der Waals surface area contributed by atoms with Crippen molar-refractivity contribution in [3.63, 3.8) is 0 Å². The van der Waals surface area contributed by atoms with Crippen LogP contribution < -0.4 is 5.73 Å². The van der Waals surface area contributed by atoms with Gasteiger partial charge in [0.15, 0.2) is 0 Å². The minimum absolute atomic E-state index is 0.744. The van der Waals surface area contributed by atoms with Gasteiger partial charge in [-0.1, -0.05) is 12.1 Å². The fourth-order valence-electron chi connectivity index (χ4n) is 2.22. The largest absolute Gasteiger partial charge is 0.399 e. The van der Waals surface area contributed by atoms with E-state index in [0.29, 0.717) is 0 Å². The quantitative estimate of drug-likeness (QED) is 0.660. The van der Waals surface area contributed by atoms with Gasteiger partial charge in [-0.25, -0.2) is 4.98 Å². The lowest BCUT2D eigenvalue weighted by Crippen LogP contribution is -1.97. The van der Waals surface area contributed by atoms with Gasteiger partial charge in [0.1, 0.15) is 6.33 Å². The van der Waals surface area contributed by atoms with Crippen LogP contribution in [0.25, 0.3) is 16.7 Å². The summed E-state index contributed by atoms with van der Waals surface area (Å²) in [6.07, 6.45) is 1.85. The van der Waals surface area contributed by atoms with Crippen molar-refractivity contribution in [2.24, 2.45) is 0 Å². The molecule has 0 aliphatic heterocycles. The number of rotatable bonds is 1. The maximum absolute atomic E-state index is 5.78. The summed E-state index contributed by atoms with van der Waals surface area (Å²) < 4.78 is 2.11. The number of anilines is 1. The second kappa shape index (κ2) is 3.88. The number of fused-ring (bicyclic) bond motifs is 1. The van der Waals surface area contributed by atoms with E-state index in [1.54, 1.807) is 0 Å². The molecule has 3 aromatic rings. The highest BCUT2D eigenvalue weighted by atomic mass is 15.0. The molecule has 0 bridgehead atoms. The summed E-state index contributed by atoms with van der Waals surface area (Å²) in [5.74, 6) is 0. The Bertz CT molecular complexity index is 726. The van der Waals surface area contributed by atoms with Crippen LogP contribution in [0.4, 0.5) is 5.69 Å². The number of nitrogens with two attached hydrogens (primary N) is 1. The number of nitrogens with zero attached hydrogens (tertiary/aromatic N) is 2. The van der Waals surface area contributed by atoms with Gasteiger partial charge in [-0.15, -0.1) is 0 Å². The Morgan fingerprint density at radius 2 is 1.94 bits per heavy atom. The summed E-state index contributed by atoms with van der Waals surface area (Å²) in [5, 5.41) is 0. The third-order valence-electron chi connectivity index (χ3n) is 3.41. The first-order valence-electron chi connectivity index (χ1n) is 5.96. The average Bonchev–Trinajstić information content (AvgIpc) is 2.75. The monoisotopic (exact) mass is 237 g/mol. The van der Waals surface area contributed by atoms with Crippen LogP contribution in [0.3, 0.4) is 0 Å². The van der Waals surface area contributed by atoms with Crippen molar-refractivity contribution in [1.82, 2.24) is 9.55 Å². The minimum Gasteiger partial charge on any atom is -0.399 e. The number of aryl methyl sites for hydroxylation is 1. The van der Waals surface area contributed by atoms with Crippen molar-refractivity contribution < 1.29 is 0 Å². The molecular weight excluding hydrogens is 222 g/mol. The van der Waals surface area contributed by atoms with Gasteiger partial charge in [-0.3, -0.25) is 4.57 Å². The molecule has 0 atom stereocenters. The number of benzene rings is 2. The molecule has 1 heterocycles. The van der Waals surface area contributed by atoms with Gasteiger partial charge in [-0.05, 0) is 49.2 Å². The van der Waals surface area contributed by atoms with Gasteiger partial charge in [0, 0.05) is 5.69 Å². The predicted molar refractivity (Wildman–Crippen MR) is 75.0 cm³/mol. The van der Waals surface area contributed by atoms with Gasteiger partial charge in [0.25, 0.3) is 0 Å². The second-order valence-electron chi connectivity index (χ2n) is 4.58. The highest BCUT2D eigenvalue weighted by Gasteiger charge is 2.07. The number of imidazole rings is 1. The SMILES string of the molecule is Cc1cccc(-n2cnc3cc(N)ccc32)c1C. The Labute approximate surface area is 106 Å². The van der Waals surface area contributed by atoms with E-state index in [2.05, 4.69) is 41.6 Å². The Balaban J connectivity index is 2.29. The van der Waals surface area contributed by atoms with Crippen LogP contribution in [0.1, 0.15) is 11.1 Å². The Morgan fingerprint density at radius 1 is 1.11 bits per heavy atom. The minimum atomic E-state index is 0.744. The first-order chi connectivity index (χ1) is 8.66. The zero-order valence-electron chi connectivity index (χ0n) is 10.5. The maximum atomic E-state index is 5.78. The lowest BCUT2D eigenvalue weighted by Gasteiger charge is -2.10. The van der Waals surface area contributed by atoms with Gasteiger partial charge in [0.2, 0.25) is 0 Å². The van der Waals surface area contributed by atoms with E-state index in [1.807, 2.05) is 24.5 Å². The summed E-state index contributed by atoms with van der Waals surface area (Å²) in [6, 6.07) is 12.1. The molecule has 1 aromatic heterocycles. The van der Waals surface area contributed by atoms with Crippen molar-refractivity contribution >= 4 is 16.7 Å². The smallest absolute Gasteiger partial charge is 0.100 e. The molecule has 2 aromatic carbocycles. The molecule has 3 rings (SSSR count). The van der Waals surface area contributed by atoms with Crippen LogP contribution in [0.2, 0.25) is 0 Å². The van der Waals surface area contributed by atoms with Crippen molar-refractivity contribution in [2.45, 2.75) is 13.8 Å². The second-order valence-corrected chi connectivity index (χ2v) is 4.58. The van der Waals surface area contributed by atoms with Gasteiger partial charge in [-0.2, -0.15) is 0 Å². The maximum Gasteiger partial charge on any atom is 0.100 e. The summed E-state index contributed by atoms with van der Waals surface area (Å²) in [4.78, 5) is 4.41. The topological polar surface area (TPSA) is 43.8 Å². The molecule has 2 N–H and O–H groups in total. The van der Waals surface area contributed by atoms with Crippen molar-refractivity contribution in [2.75, 3.05) is 5.73 Å². The summed E-state index contributed by atoms with van der Waals surface area (Å²) >= 11 is 0. The Morgan fingerprint density at radius 3 is 2.78 bits per heavy atom. The third kappa shape index (κ3) is 1.56. The van der Waals surface area contributed by atoms with Crippen LogP contribution in [0.5, 0.6) is 0 Å². The van der Waals surface area contributed by atoms with Crippen molar-refractivity contribution in [3.8, 4) is 5.69 Å². The molecule has 0 radical (unpaired) electrons. The first kappa shape index (κ1) is 10.8. The summed E-state index contributed by atoms with van der Waals surface area (Å²) in [6.45, 7) is 4.25. The van der Waals surface area contributed by atoms with Gasteiger partial charge < -0.3 is 5.73 Å². The van der Waals surface area contributed by atoms with Crippen LogP contribution in [-0.2, 0) is 0 Å². The van der Waals surface area contributed by atoms with Gasteiger partial charge in [0.05, 0.1) is 16.7 Å². The van der Waals surface area contributed by atoms with Crippen molar-refractivity contribution in [1.29, 1.82) is 0 Å². The lowest BCUT2D eigenvalue weighted by molar-refractivity contribution is 1.06. The number of hydrogen-bond donors (Lipinski definition) is 1. The molecule has 0 spiro atoms. The van der Waals surface area contributed by atoms with Crippen LogP contribution in [0.15, 0.2) is 42.7 Å². The van der Waals surface area contributed by atoms with E-state index < -0.39 is 0 Å². The molecule has 3 heteroatoms. The summed E-state index contributed by atoms with van der Waals surface area (Å²) in [5.41, 5.74) is 12.3. The van der Waals surface area contributed by atoms with Crippen LogP contribution in [0, 0.1) is 13.8 Å². The van der Waals surface area contributed by atoms with E-state index in [-0.39, 0.29) is 0 Å². The first-order valence-corrected chi connectivity index (χ1v) is 5.96. The predicted octanol–water partition coefficient (Wildman–Crippen LogP) is 3.22. The molecule has 0 amide bonds. The fraction of sp³-hybridized carbons (Fsp3) is 0.133. The van der Waals surface area contributed by atoms with E-state index in [1.165, 1.54) is 16.8 Å². The molecule has 0 fully saturated rings. The van der Waals surface area contributed by atoms with E-state index in [0.717, 1.165) is 16.7 Å².